The lowest BCUT2D eigenvalue weighted by molar-refractivity contribution is -0.135. The zero-order chi connectivity index (χ0) is 15.3. The van der Waals surface area contributed by atoms with Crippen molar-refractivity contribution in [3.63, 3.8) is 0 Å². The number of unbranched alkanes of at least 4 members (excludes halogenated alkanes) is 1. The molecule has 0 rings (SSSR count). The first-order valence-electron chi connectivity index (χ1n) is 7.06. The van der Waals surface area contributed by atoms with Crippen molar-refractivity contribution in [1.29, 1.82) is 0 Å². The molecule has 0 aliphatic rings. The molecule has 0 bridgehead atoms. The third kappa shape index (κ3) is 15.7. The first kappa shape index (κ1) is 19.6. The number of halogens is 3. The Balaban J connectivity index is 3.23. The molecule has 0 saturated carbocycles. The van der Waals surface area contributed by atoms with Gasteiger partial charge in [-0.3, -0.25) is 0 Å². The molecule has 0 aromatic heterocycles. The van der Waals surface area contributed by atoms with Crippen molar-refractivity contribution in [3.05, 3.63) is 0 Å². The number of aliphatic hydroxyl groups is 1. The predicted molar refractivity (Wildman–Crippen MR) is 70.7 cm³/mol. The molecule has 0 amide bonds. The summed E-state index contributed by atoms with van der Waals surface area (Å²) in [6, 6.07) is 0. The Hall–Kier alpha value is -0.370. The lowest BCUT2D eigenvalue weighted by Crippen LogP contribution is -2.31. The lowest BCUT2D eigenvalue weighted by atomic mass is 10.3. The highest BCUT2D eigenvalue weighted by atomic mass is 19.4. The summed E-state index contributed by atoms with van der Waals surface area (Å²) in [7, 11) is 0. The van der Waals surface area contributed by atoms with E-state index in [1.54, 1.807) is 0 Å². The third-order valence-electron chi connectivity index (χ3n) is 2.52. The van der Waals surface area contributed by atoms with Crippen molar-refractivity contribution in [2.75, 3.05) is 39.5 Å². The fourth-order valence-corrected chi connectivity index (χ4v) is 1.43. The number of rotatable bonds is 13. The number of alkyl halides is 3. The van der Waals surface area contributed by atoms with Gasteiger partial charge in [-0.15, -0.1) is 0 Å². The molecule has 0 aliphatic heterocycles. The quantitative estimate of drug-likeness (QED) is 0.512. The summed E-state index contributed by atoms with van der Waals surface area (Å²) in [4.78, 5) is 0. The average Bonchev–Trinajstić information content (AvgIpc) is 2.36. The van der Waals surface area contributed by atoms with Crippen LogP contribution >= 0.6 is 0 Å². The lowest BCUT2D eigenvalue weighted by Gasteiger charge is -2.13. The van der Waals surface area contributed by atoms with Crippen LogP contribution in [0.1, 0.15) is 32.6 Å². The van der Waals surface area contributed by atoms with Gasteiger partial charge in [-0.1, -0.05) is 13.3 Å². The molecule has 0 aromatic carbocycles. The van der Waals surface area contributed by atoms with E-state index in [1.807, 2.05) is 0 Å². The molecule has 7 heteroatoms. The molecule has 0 radical (unpaired) electrons. The second-order valence-corrected chi connectivity index (χ2v) is 4.62. The fraction of sp³-hybridized carbons (Fsp3) is 1.00. The van der Waals surface area contributed by atoms with Crippen LogP contribution < -0.4 is 5.32 Å². The van der Waals surface area contributed by atoms with E-state index in [-0.39, 0.29) is 26.1 Å². The van der Waals surface area contributed by atoms with Gasteiger partial charge in [0.25, 0.3) is 0 Å². The molecule has 1 unspecified atom stereocenters. The Morgan fingerprint density at radius 1 is 1.10 bits per heavy atom. The molecule has 0 aliphatic carbocycles. The van der Waals surface area contributed by atoms with Crippen molar-refractivity contribution in [2.24, 2.45) is 0 Å². The molecule has 122 valence electrons. The first-order chi connectivity index (χ1) is 9.45. The van der Waals surface area contributed by atoms with Crippen LogP contribution in [0.25, 0.3) is 0 Å². The molecule has 4 nitrogen and oxygen atoms in total. The summed E-state index contributed by atoms with van der Waals surface area (Å²) in [5.74, 6) is 0. The molecule has 0 saturated heterocycles. The van der Waals surface area contributed by atoms with Gasteiger partial charge in [0.15, 0.2) is 0 Å². The average molecular weight is 301 g/mol. The topological polar surface area (TPSA) is 50.7 Å². The molecule has 1 atom stereocenters. The number of nitrogens with one attached hydrogen (secondary N) is 1. The number of ether oxygens (including phenoxy) is 2. The Morgan fingerprint density at radius 3 is 2.45 bits per heavy atom. The zero-order valence-electron chi connectivity index (χ0n) is 12.0. The minimum atomic E-state index is -4.11. The van der Waals surface area contributed by atoms with Crippen LogP contribution in [0.2, 0.25) is 0 Å². The van der Waals surface area contributed by atoms with Gasteiger partial charge in [0.05, 0.1) is 25.9 Å². The summed E-state index contributed by atoms with van der Waals surface area (Å²) in [6.07, 6.45) is -3.51. The van der Waals surface area contributed by atoms with Gasteiger partial charge in [0.1, 0.15) is 0 Å². The van der Waals surface area contributed by atoms with E-state index in [0.717, 1.165) is 12.8 Å². The fourth-order valence-electron chi connectivity index (χ4n) is 1.43. The molecular formula is C13H26F3NO3. The van der Waals surface area contributed by atoms with Gasteiger partial charge < -0.3 is 19.9 Å². The van der Waals surface area contributed by atoms with Gasteiger partial charge in [0.2, 0.25) is 0 Å². The van der Waals surface area contributed by atoms with Crippen LogP contribution in [-0.2, 0) is 9.47 Å². The number of hydrogen-bond donors (Lipinski definition) is 2. The summed E-state index contributed by atoms with van der Waals surface area (Å²) in [5, 5.41) is 12.3. The summed E-state index contributed by atoms with van der Waals surface area (Å²) in [5.41, 5.74) is 0. The highest BCUT2D eigenvalue weighted by Gasteiger charge is 2.25. The molecule has 2 N–H and O–H groups in total. The van der Waals surface area contributed by atoms with Crippen molar-refractivity contribution in [1.82, 2.24) is 5.32 Å². The van der Waals surface area contributed by atoms with Crippen LogP contribution in [0, 0.1) is 0 Å². The molecule has 20 heavy (non-hydrogen) atoms. The zero-order valence-corrected chi connectivity index (χ0v) is 12.0. The maximum atomic E-state index is 11.8. The van der Waals surface area contributed by atoms with E-state index >= 15 is 0 Å². The van der Waals surface area contributed by atoms with Crippen molar-refractivity contribution in [3.8, 4) is 0 Å². The molecule has 0 aromatic rings. The van der Waals surface area contributed by atoms with E-state index in [1.165, 1.54) is 0 Å². The van der Waals surface area contributed by atoms with E-state index < -0.39 is 18.7 Å². The molecular weight excluding hydrogens is 275 g/mol. The number of aliphatic hydroxyl groups excluding tert-OH is 1. The van der Waals surface area contributed by atoms with Crippen LogP contribution in [0.5, 0.6) is 0 Å². The maximum absolute atomic E-state index is 11.8. The SMILES string of the molecule is CCCCOCCOCC(O)CNCCCC(F)(F)F. The van der Waals surface area contributed by atoms with Crippen LogP contribution in [0.4, 0.5) is 13.2 Å². The van der Waals surface area contributed by atoms with E-state index in [9.17, 15) is 18.3 Å². The second-order valence-electron chi connectivity index (χ2n) is 4.62. The Kier molecular flexibility index (Phi) is 12.1. The smallest absolute Gasteiger partial charge is 0.389 e. The summed E-state index contributed by atoms with van der Waals surface area (Å²) in [6.45, 7) is 4.32. The van der Waals surface area contributed by atoms with Crippen molar-refractivity contribution in [2.45, 2.75) is 44.9 Å². The molecule has 0 heterocycles. The monoisotopic (exact) mass is 301 g/mol. The van der Waals surface area contributed by atoms with Crippen LogP contribution in [0.3, 0.4) is 0 Å². The van der Waals surface area contributed by atoms with Gasteiger partial charge in [-0.2, -0.15) is 13.2 Å². The largest absolute Gasteiger partial charge is 0.389 e. The highest BCUT2D eigenvalue weighted by molar-refractivity contribution is 4.60. The van der Waals surface area contributed by atoms with E-state index in [0.29, 0.717) is 19.8 Å². The minimum absolute atomic E-state index is 0.0162. The Labute approximate surface area is 118 Å². The highest BCUT2D eigenvalue weighted by Crippen LogP contribution is 2.20. The van der Waals surface area contributed by atoms with Crippen LogP contribution in [0.15, 0.2) is 0 Å². The maximum Gasteiger partial charge on any atom is 0.389 e. The van der Waals surface area contributed by atoms with E-state index in [2.05, 4.69) is 12.2 Å². The van der Waals surface area contributed by atoms with Crippen LogP contribution in [-0.4, -0.2) is 56.9 Å². The van der Waals surface area contributed by atoms with Gasteiger partial charge in [-0.25, -0.2) is 0 Å². The molecule has 0 spiro atoms. The minimum Gasteiger partial charge on any atom is -0.389 e. The standard InChI is InChI=1S/C13H26F3NO3/c1-2-3-7-19-8-9-20-11-12(18)10-17-6-4-5-13(14,15)16/h12,17-18H,2-11H2,1H3. The normalized spacial score (nSPS) is 13.7. The van der Waals surface area contributed by atoms with Gasteiger partial charge in [-0.05, 0) is 19.4 Å². The molecule has 0 fully saturated rings. The van der Waals surface area contributed by atoms with E-state index in [4.69, 9.17) is 9.47 Å². The van der Waals surface area contributed by atoms with Gasteiger partial charge >= 0.3 is 6.18 Å². The summed E-state index contributed by atoms with van der Waals surface area (Å²) >= 11 is 0. The Bertz CT molecular complexity index is 216. The van der Waals surface area contributed by atoms with Gasteiger partial charge in [0, 0.05) is 19.6 Å². The predicted octanol–water partition coefficient (Wildman–Crippen LogP) is 2.11. The number of hydrogen-bond acceptors (Lipinski definition) is 4. The van der Waals surface area contributed by atoms with Crippen molar-refractivity contribution >= 4 is 0 Å². The van der Waals surface area contributed by atoms with Crippen molar-refractivity contribution < 1.29 is 27.8 Å². The third-order valence-corrected chi connectivity index (χ3v) is 2.52. The first-order valence-corrected chi connectivity index (χ1v) is 7.06. The second kappa shape index (κ2) is 12.4. The summed E-state index contributed by atoms with van der Waals surface area (Å²) < 4.78 is 46.0. The Morgan fingerprint density at radius 2 is 1.80 bits per heavy atom.